The number of nitrogens with one attached hydrogen (secondary N) is 1. The molecule has 1 aromatic rings. The molecule has 1 aliphatic rings. The third kappa shape index (κ3) is 3.18. The second-order valence-corrected chi connectivity index (χ2v) is 4.03. The average molecular weight is 238 g/mol. The van der Waals surface area contributed by atoms with Crippen LogP contribution in [0.25, 0.3) is 0 Å². The molecule has 1 aliphatic carbocycles. The van der Waals surface area contributed by atoms with Gasteiger partial charge in [0.2, 0.25) is 5.95 Å². The minimum atomic E-state index is 0.251. The lowest BCUT2D eigenvalue weighted by Gasteiger charge is -2.25. The third-order valence-electron chi connectivity index (χ3n) is 2.63. The highest BCUT2D eigenvalue weighted by atomic mass is 16.5. The summed E-state index contributed by atoms with van der Waals surface area (Å²) >= 11 is 0. The van der Waals surface area contributed by atoms with E-state index in [2.05, 4.69) is 27.2 Å². The molecular formula is C11H18N4O2. The first-order valence-corrected chi connectivity index (χ1v) is 6.02. The monoisotopic (exact) mass is 238 g/mol. The predicted octanol–water partition coefficient (Wildman–Crippen LogP) is 1.63. The lowest BCUT2D eigenvalue weighted by molar-refractivity contribution is 0.107. The molecule has 6 nitrogen and oxygen atoms in total. The Kier molecular flexibility index (Phi) is 3.95. The van der Waals surface area contributed by atoms with Crippen molar-refractivity contribution >= 4 is 5.95 Å². The van der Waals surface area contributed by atoms with Crippen LogP contribution in [0.5, 0.6) is 12.0 Å². The Labute approximate surface area is 101 Å². The maximum absolute atomic E-state index is 5.63. The van der Waals surface area contributed by atoms with Crippen LogP contribution in [0.4, 0.5) is 5.95 Å². The highest BCUT2D eigenvalue weighted by molar-refractivity contribution is 5.27. The Bertz CT molecular complexity index is 368. The number of nitrogens with zero attached hydrogens (tertiary/aromatic N) is 3. The molecule has 2 rings (SSSR count). The van der Waals surface area contributed by atoms with E-state index in [0.717, 1.165) is 25.8 Å². The summed E-state index contributed by atoms with van der Waals surface area (Å²) in [6.07, 6.45) is 4.62. The molecule has 0 amide bonds. The van der Waals surface area contributed by atoms with Crippen LogP contribution in [0.15, 0.2) is 0 Å². The fourth-order valence-corrected chi connectivity index (χ4v) is 1.44. The van der Waals surface area contributed by atoms with Crippen molar-refractivity contribution in [3.05, 3.63) is 0 Å². The smallest absolute Gasteiger partial charge is 0.324 e. The summed E-state index contributed by atoms with van der Waals surface area (Å²) in [7, 11) is 1.53. The molecule has 94 valence electrons. The van der Waals surface area contributed by atoms with Gasteiger partial charge in [-0.1, -0.05) is 6.92 Å². The maximum Gasteiger partial charge on any atom is 0.324 e. The van der Waals surface area contributed by atoms with Crippen LogP contribution in [-0.4, -0.2) is 34.7 Å². The minimum Gasteiger partial charge on any atom is -0.467 e. The Morgan fingerprint density at radius 1 is 1.24 bits per heavy atom. The molecule has 0 bridgehead atoms. The Morgan fingerprint density at radius 2 is 2.00 bits per heavy atom. The molecule has 0 unspecified atom stereocenters. The molecule has 6 heteroatoms. The highest BCUT2D eigenvalue weighted by Gasteiger charge is 2.21. The van der Waals surface area contributed by atoms with Crippen LogP contribution in [0.1, 0.15) is 32.6 Å². The standard InChI is InChI=1S/C11H18N4O2/c1-3-7-12-9-13-10(16-2)15-11(14-9)17-8-5-4-6-8/h8H,3-7H2,1-2H3,(H,12,13,14,15). The van der Waals surface area contributed by atoms with E-state index >= 15 is 0 Å². The van der Waals surface area contributed by atoms with Gasteiger partial charge in [0.15, 0.2) is 0 Å². The van der Waals surface area contributed by atoms with Crippen LogP contribution in [0, 0.1) is 0 Å². The zero-order valence-electron chi connectivity index (χ0n) is 10.3. The fourth-order valence-electron chi connectivity index (χ4n) is 1.44. The van der Waals surface area contributed by atoms with E-state index < -0.39 is 0 Å². The van der Waals surface area contributed by atoms with Crippen molar-refractivity contribution in [2.24, 2.45) is 0 Å². The van der Waals surface area contributed by atoms with E-state index in [9.17, 15) is 0 Å². The van der Waals surface area contributed by atoms with Gasteiger partial charge in [0, 0.05) is 6.54 Å². The van der Waals surface area contributed by atoms with Crippen LogP contribution < -0.4 is 14.8 Å². The fraction of sp³-hybridized carbons (Fsp3) is 0.727. The van der Waals surface area contributed by atoms with Crippen molar-refractivity contribution in [3.63, 3.8) is 0 Å². The molecule has 0 radical (unpaired) electrons. The van der Waals surface area contributed by atoms with Crippen LogP contribution in [-0.2, 0) is 0 Å². The quantitative estimate of drug-likeness (QED) is 0.812. The molecule has 1 heterocycles. The summed E-state index contributed by atoms with van der Waals surface area (Å²) in [6, 6.07) is 0.632. The molecule has 0 aromatic carbocycles. The molecule has 0 atom stereocenters. The maximum atomic E-state index is 5.63. The molecule has 0 spiro atoms. The van der Waals surface area contributed by atoms with Crippen LogP contribution in [0.2, 0.25) is 0 Å². The van der Waals surface area contributed by atoms with Gasteiger partial charge in [-0.2, -0.15) is 9.97 Å². The SMILES string of the molecule is CCCNc1nc(OC)nc(OC2CCC2)n1. The summed E-state index contributed by atoms with van der Waals surface area (Å²) in [5.74, 6) is 0.507. The lowest BCUT2D eigenvalue weighted by Crippen LogP contribution is -2.25. The second kappa shape index (κ2) is 5.65. The van der Waals surface area contributed by atoms with Gasteiger partial charge in [0.1, 0.15) is 6.10 Å². The van der Waals surface area contributed by atoms with Crippen molar-refractivity contribution < 1.29 is 9.47 Å². The first-order valence-electron chi connectivity index (χ1n) is 6.02. The molecular weight excluding hydrogens is 220 g/mol. The molecule has 1 fully saturated rings. The number of anilines is 1. The second-order valence-electron chi connectivity index (χ2n) is 4.03. The molecule has 0 aliphatic heterocycles. The van der Waals surface area contributed by atoms with Gasteiger partial charge in [0.25, 0.3) is 0 Å². The molecule has 0 saturated heterocycles. The van der Waals surface area contributed by atoms with Crippen LogP contribution in [0.3, 0.4) is 0 Å². The van der Waals surface area contributed by atoms with Gasteiger partial charge >= 0.3 is 12.0 Å². The van der Waals surface area contributed by atoms with Crippen LogP contribution >= 0.6 is 0 Å². The topological polar surface area (TPSA) is 69.2 Å². The largest absolute Gasteiger partial charge is 0.467 e. The van der Waals surface area contributed by atoms with E-state index in [-0.39, 0.29) is 12.1 Å². The summed E-state index contributed by atoms with van der Waals surface area (Å²) in [5.41, 5.74) is 0. The number of hydrogen-bond donors (Lipinski definition) is 1. The molecule has 1 saturated carbocycles. The lowest BCUT2D eigenvalue weighted by atomic mass is 9.96. The third-order valence-corrected chi connectivity index (χ3v) is 2.63. The number of aromatic nitrogens is 3. The van der Waals surface area contributed by atoms with E-state index in [0.29, 0.717) is 12.0 Å². The van der Waals surface area contributed by atoms with Gasteiger partial charge < -0.3 is 14.8 Å². The van der Waals surface area contributed by atoms with Gasteiger partial charge in [-0.15, -0.1) is 4.98 Å². The van der Waals surface area contributed by atoms with E-state index in [1.807, 2.05) is 0 Å². The number of hydrogen-bond acceptors (Lipinski definition) is 6. The number of ether oxygens (including phenoxy) is 2. The van der Waals surface area contributed by atoms with Crippen molar-refractivity contribution in [2.45, 2.75) is 38.7 Å². The van der Waals surface area contributed by atoms with E-state index in [4.69, 9.17) is 9.47 Å². The van der Waals surface area contributed by atoms with Gasteiger partial charge in [0.05, 0.1) is 7.11 Å². The molecule has 1 N–H and O–H groups in total. The summed E-state index contributed by atoms with van der Waals surface area (Å²) in [4.78, 5) is 12.4. The van der Waals surface area contributed by atoms with E-state index in [1.165, 1.54) is 13.5 Å². The highest BCUT2D eigenvalue weighted by Crippen LogP contribution is 2.24. The Morgan fingerprint density at radius 3 is 2.59 bits per heavy atom. The first kappa shape index (κ1) is 11.9. The summed E-state index contributed by atoms with van der Waals surface area (Å²) in [6.45, 7) is 2.90. The van der Waals surface area contributed by atoms with Gasteiger partial charge in [-0.05, 0) is 25.7 Å². The zero-order valence-corrected chi connectivity index (χ0v) is 10.3. The summed E-state index contributed by atoms with van der Waals surface area (Å²) in [5, 5.41) is 3.10. The van der Waals surface area contributed by atoms with Crippen molar-refractivity contribution in [1.29, 1.82) is 0 Å². The Hall–Kier alpha value is -1.59. The average Bonchev–Trinajstić information content (AvgIpc) is 2.31. The predicted molar refractivity (Wildman–Crippen MR) is 63.4 cm³/mol. The summed E-state index contributed by atoms with van der Waals surface area (Å²) < 4.78 is 10.7. The number of rotatable bonds is 6. The number of methoxy groups -OCH3 is 1. The van der Waals surface area contributed by atoms with E-state index in [1.54, 1.807) is 0 Å². The van der Waals surface area contributed by atoms with Crippen molar-refractivity contribution in [3.8, 4) is 12.0 Å². The molecule has 17 heavy (non-hydrogen) atoms. The first-order chi connectivity index (χ1) is 8.31. The minimum absolute atomic E-state index is 0.251. The molecule has 1 aromatic heterocycles. The van der Waals surface area contributed by atoms with Gasteiger partial charge in [-0.3, -0.25) is 0 Å². The van der Waals surface area contributed by atoms with Crippen molar-refractivity contribution in [1.82, 2.24) is 15.0 Å². The van der Waals surface area contributed by atoms with Crippen molar-refractivity contribution in [2.75, 3.05) is 19.0 Å². The van der Waals surface area contributed by atoms with Gasteiger partial charge in [-0.25, -0.2) is 0 Å². The Balaban J connectivity index is 2.06. The normalized spacial score (nSPS) is 15.2. The zero-order chi connectivity index (χ0) is 12.1.